The molecule has 6 nitrogen and oxygen atoms in total. The molecule has 9 aromatic rings. The third-order valence-corrected chi connectivity index (χ3v) is 19.7. The van der Waals surface area contributed by atoms with Gasteiger partial charge in [0.1, 0.15) is 34.0 Å². The minimum absolute atomic E-state index is 0.661. The minimum atomic E-state index is 0.661. The van der Waals surface area contributed by atoms with Gasteiger partial charge >= 0.3 is 0 Å². The van der Waals surface area contributed by atoms with Crippen LogP contribution in [0.15, 0.2) is 146 Å². The van der Waals surface area contributed by atoms with Crippen LogP contribution in [0.3, 0.4) is 0 Å². The van der Waals surface area contributed by atoms with E-state index in [-0.39, 0.29) is 0 Å². The van der Waals surface area contributed by atoms with Crippen molar-refractivity contribution < 1.29 is 18.9 Å². The van der Waals surface area contributed by atoms with Crippen LogP contribution in [-0.2, 0) is 0 Å². The number of fused-ring (bicyclic) bond motifs is 1. The molecule has 0 aliphatic heterocycles. The SMILES string of the molecule is CCCCCCCCOc1cccc(-c2nc3c(-c4ccc(-c5ccccc5)s4)sc(-c4ccc(-c5cc(OCCCCCCCC)c(-c6ccccc6)cc5OCCCCCCCC)s4)c3nc2-c2cccc(OCCCCCCCC)c2)c1. The van der Waals surface area contributed by atoms with Crippen molar-refractivity contribution in [3.63, 3.8) is 0 Å². The summed E-state index contributed by atoms with van der Waals surface area (Å²) in [5, 5.41) is 0. The smallest absolute Gasteiger partial charge is 0.128 e. The Kier molecular flexibility index (Phi) is 25.9. The second-order valence-corrected chi connectivity index (χ2v) is 26.0. The second kappa shape index (κ2) is 34.8. The molecule has 0 saturated carbocycles. The van der Waals surface area contributed by atoms with Gasteiger partial charge in [-0.05, 0) is 97.5 Å². The summed E-state index contributed by atoms with van der Waals surface area (Å²) in [6, 6.07) is 52.0. The van der Waals surface area contributed by atoms with E-state index in [1.165, 1.54) is 137 Å². The van der Waals surface area contributed by atoms with E-state index in [0.717, 1.165) is 125 Å². The molecule has 0 radical (unpaired) electrons. The number of ether oxygens (including phenoxy) is 4. The van der Waals surface area contributed by atoms with Crippen LogP contribution in [0, 0.1) is 0 Å². The molecule has 0 unspecified atom stereocenters. The Labute approximate surface area is 521 Å². The molecule has 0 saturated heterocycles. The number of nitrogens with zero attached hydrogens (tertiary/aromatic N) is 2. The second-order valence-electron chi connectivity index (χ2n) is 22.8. The largest absolute Gasteiger partial charge is 0.494 e. The zero-order valence-corrected chi connectivity index (χ0v) is 53.9. The molecule has 0 N–H and O–H groups in total. The van der Waals surface area contributed by atoms with Crippen LogP contribution in [0.25, 0.3) is 85.1 Å². The van der Waals surface area contributed by atoms with Gasteiger partial charge in [-0.2, -0.15) is 0 Å². The average molecular weight is 1190 g/mol. The number of aromatic nitrogens is 2. The highest BCUT2D eigenvalue weighted by Gasteiger charge is 2.26. The Morgan fingerprint density at radius 3 is 1.13 bits per heavy atom. The number of hydrogen-bond donors (Lipinski definition) is 0. The summed E-state index contributed by atoms with van der Waals surface area (Å²) < 4.78 is 26.8. The Morgan fingerprint density at radius 1 is 0.294 bits per heavy atom. The van der Waals surface area contributed by atoms with Gasteiger partial charge in [-0.1, -0.05) is 241 Å². The van der Waals surface area contributed by atoms with Crippen LogP contribution in [0.1, 0.15) is 182 Å². The highest BCUT2D eigenvalue weighted by molar-refractivity contribution is 7.29. The maximum Gasteiger partial charge on any atom is 0.128 e. The first-order valence-corrected chi connectivity index (χ1v) is 35.1. The predicted molar refractivity (Wildman–Crippen MR) is 367 cm³/mol. The predicted octanol–water partition coefficient (Wildman–Crippen LogP) is 24.4. The molecule has 0 atom stereocenters. The molecule has 0 aliphatic rings. The molecule has 0 bridgehead atoms. The highest BCUT2D eigenvalue weighted by Crippen LogP contribution is 2.51. The molecule has 0 fully saturated rings. The lowest BCUT2D eigenvalue weighted by Gasteiger charge is -2.18. The van der Waals surface area contributed by atoms with Gasteiger partial charge in [0.2, 0.25) is 0 Å². The van der Waals surface area contributed by atoms with E-state index in [9.17, 15) is 0 Å². The molecule has 9 rings (SSSR count). The summed E-state index contributed by atoms with van der Waals surface area (Å²) in [6.45, 7) is 11.8. The molecule has 4 aromatic heterocycles. The fourth-order valence-electron chi connectivity index (χ4n) is 11.1. The fraction of sp³-hybridized carbons (Fsp3) is 0.421. The third kappa shape index (κ3) is 18.4. The first-order chi connectivity index (χ1) is 42.0. The summed E-state index contributed by atoms with van der Waals surface area (Å²) in [7, 11) is 0. The molecule has 9 heteroatoms. The Bertz CT molecular complexity index is 3380. The lowest BCUT2D eigenvalue weighted by molar-refractivity contribution is 0.298. The minimum Gasteiger partial charge on any atom is -0.494 e. The van der Waals surface area contributed by atoms with Crippen molar-refractivity contribution in [2.24, 2.45) is 0 Å². The Morgan fingerprint density at radius 2 is 0.659 bits per heavy atom. The summed E-state index contributed by atoms with van der Waals surface area (Å²) in [4.78, 5) is 18.5. The summed E-state index contributed by atoms with van der Waals surface area (Å²) in [5.41, 5.74) is 9.81. The van der Waals surface area contributed by atoms with E-state index in [0.29, 0.717) is 26.4 Å². The van der Waals surface area contributed by atoms with Crippen LogP contribution in [0.5, 0.6) is 23.0 Å². The van der Waals surface area contributed by atoms with Gasteiger partial charge < -0.3 is 18.9 Å². The molecule has 5 aromatic carbocycles. The fourth-order valence-corrected chi connectivity index (χ4v) is 14.5. The lowest BCUT2D eigenvalue weighted by atomic mass is 10.0. The molecule has 448 valence electrons. The average Bonchev–Trinajstić information content (AvgIpc) is 4.49. The van der Waals surface area contributed by atoms with E-state index in [1.54, 1.807) is 22.7 Å². The van der Waals surface area contributed by atoms with E-state index in [4.69, 9.17) is 28.9 Å². The van der Waals surface area contributed by atoms with E-state index in [1.807, 2.05) is 11.3 Å². The first kappa shape index (κ1) is 63.2. The van der Waals surface area contributed by atoms with Gasteiger partial charge in [0, 0.05) is 41.8 Å². The normalized spacial score (nSPS) is 11.4. The lowest BCUT2D eigenvalue weighted by Crippen LogP contribution is -2.02. The van der Waals surface area contributed by atoms with Gasteiger partial charge in [0.25, 0.3) is 0 Å². The van der Waals surface area contributed by atoms with Gasteiger partial charge in [-0.25, -0.2) is 9.97 Å². The Hall–Kier alpha value is -6.26. The standard InChI is InChI=1S/C76H92N2O4S3/c1-5-9-13-17-21-31-49-79-61-43-35-41-59(53-61)71-72(60-42-36-44-62(54-60)80-50-32-22-18-14-10-6-2)78-74-73(77-71)75(69-47-45-67(83-69)58-39-29-26-30-40-58)85-76(74)70-48-46-68(84-70)64-56-65(81-51-33-23-19-15-11-7-3)63(57-37-27-25-28-38-57)55-66(64)82-52-34-24-20-16-12-8-4/h25-30,35-48,53-56H,5-24,31-34,49-52H2,1-4H3. The maximum atomic E-state index is 6.93. The topological polar surface area (TPSA) is 62.7 Å². The van der Waals surface area contributed by atoms with Crippen molar-refractivity contribution >= 4 is 45.0 Å². The molecule has 85 heavy (non-hydrogen) atoms. The monoisotopic (exact) mass is 1190 g/mol. The van der Waals surface area contributed by atoms with E-state index in [2.05, 4.69) is 173 Å². The summed E-state index contributed by atoms with van der Waals surface area (Å²) in [5.74, 6) is 3.48. The van der Waals surface area contributed by atoms with Crippen molar-refractivity contribution in [1.82, 2.24) is 9.97 Å². The quantitative estimate of drug-likeness (QED) is 0.0358. The molecular formula is C76H92N2O4S3. The van der Waals surface area contributed by atoms with Crippen molar-refractivity contribution in [2.45, 2.75) is 182 Å². The molecule has 0 amide bonds. The number of rotatable bonds is 39. The van der Waals surface area contributed by atoms with Gasteiger partial charge in [-0.3, -0.25) is 0 Å². The van der Waals surface area contributed by atoms with Crippen LogP contribution in [-0.4, -0.2) is 36.4 Å². The number of hydrogen-bond acceptors (Lipinski definition) is 9. The number of benzene rings is 5. The zero-order chi connectivity index (χ0) is 58.7. The maximum absolute atomic E-state index is 6.93. The van der Waals surface area contributed by atoms with Gasteiger partial charge in [-0.15, -0.1) is 34.0 Å². The van der Waals surface area contributed by atoms with Crippen molar-refractivity contribution in [2.75, 3.05) is 26.4 Å². The van der Waals surface area contributed by atoms with Crippen LogP contribution >= 0.6 is 34.0 Å². The molecular weight excluding hydrogens is 1100 g/mol. The summed E-state index contributed by atoms with van der Waals surface area (Å²) in [6.07, 6.45) is 29.0. The molecule has 0 aliphatic carbocycles. The van der Waals surface area contributed by atoms with E-state index >= 15 is 0 Å². The number of unbranched alkanes of at least 4 members (excludes halogenated alkanes) is 20. The van der Waals surface area contributed by atoms with Gasteiger partial charge in [0.15, 0.2) is 0 Å². The van der Waals surface area contributed by atoms with Crippen LogP contribution in [0.2, 0.25) is 0 Å². The van der Waals surface area contributed by atoms with E-state index < -0.39 is 0 Å². The number of thiophene rings is 3. The summed E-state index contributed by atoms with van der Waals surface area (Å²) >= 11 is 5.40. The van der Waals surface area contributed by atoms with Crippen LogP contribution in [0.4, 0.5) is 0 Å². The van der Waals surface area contributed by atoms with Crippen LogP contribution < -0.4 is 18.9 Å². The zero-order valence-electron chi connectivity index (χ0n) is 51.4. The van der Waals surface area contributed by atoms with Crippen molar-refractivity contribution in [3.8, 4) is 97.0 Å². The van der Waals surface area contributed by atoms with Crippen molar-refractivity contribution in [1.29, 1.82) is 0 Å². The van der Waals surface area contributed by atoms with Gasteiger partial charge in [0.05, 0.1) is 47.6 Å². The third-order valence-electron chi connectivity index (χ3n) is 15.9. The molecule has 4 heterocycles. The van der Waals surface area contributed by atoms with Crippen molar-refractivity contribution in [3.05, 3.63) is 146 Å². The first-order valence-electron chi connectivity index (χ1n) is 32.6. The highest BCUT2D eigenvalue weighted by atomic mass is 32.1. The Balaban J connectivity index is 1.15. The molecule has 0 spiro atoms.